The van der Waals surface area contributed by atoms with Crippen molar-refractivity contribution in [3.8, 4) is 0 Å². The van der Waals surface area contributed by atoms with Gasteiger partial charge in [-0.05, 0) is 20.5 Å². The molecule has 12 heteroatoms. The molecule has 0 aromatic carbocycles. The highest BCUT2D eigenvalue weighted by Crippen LogP contribution is 2.17. The molecule has 1 fully saturated rings. The normalized spacial score (nSPS) is 17.5. The third-order valence-electron chi connectivity index (χ3n) is 4.87. The molecule has 0 aliphatic carbocycles. The number of carbonyl (C=O) groups excluding carboxylic acids is 2. The maximum Gasteiger partial charge on any atom is 0.246 e. The molecule has 1 aliphatic rings. The Hall–Kier alpha value is -2.57. The quantitative estimate of drug-likeness (QED) is 0.183. The van der Waals surface area contributed by atoms with Crippen molar-refractivity contribution in [2.75, 3.05) is 50.7 Å². The Morgan fingerprint density at radius 2 is 2.23 bits per heavy atom. The van der Waals surface area contributed by atoms with E-state index in [4.69, 9.17) is 4.74 Å². The summed E-state index contributed by atoms with van der Waals surface area (Å²) >= 11 is 0. The van der Waals surface area contributed by atoms with Gasteiger partial charge < -0.3 is 9.64 Å². The number of nitrogens with zero attached hydrogens (tertiary/aromatic N) is 6. The van der Waals surface area contributed by atoms with Crippen LogP contribution in [0.25, 0.3) is 0 Å². The number of unbranched alkanes of at least 4 members (excludes halogenated alkanes) is 2. The van der Waals surface area contributed by atoms with Crippen LogP contribution in [0.3, 0.4) is 0 Å². The lowest BCUT2D eigenvalue weighted by molar-refractivity contribution is -0.154. The molecule has 3 N–H and O–H groups in total. The summed E-state index contributed by atoms with van der Waals surface area (Å²) in [6, 6.07) is 0. The zero-order valence-electron chi connectivity index (χ0n) is 17.8. The number of ether oxygens (including phenoxy) is 1. The van der Waals surface area contributed by atoms with E-state index in [1.54, 1.807) is 0 Å². The van der Waals surface area contributed by atoms with E-state index in [9.17, 15) is 14.8 Å². The lowest BCUT2D eigenvalue weighted by Gasteiger charge is -2.39. The third kappa shape index (κ3) is 7.04. The number of hydrogen-bond donors (Lipinski definition) is 3. The molecule has 168 valence electrons. The Balaban J connectivity index is 2.00. The van der Waals surface area contributed by atoms with E-state index >= 15 is 0 Å². The molecule has 2 atom stereocenters. The molecule has 1 aromatic heterocycles. The number of amides is 2. The van der Waals surface area contributed by atoms with Crippen molar-refractivity contribution in [2.24, 2.45) is 5.92 Å². The highest BCUT2D eigenvalue weighted by Gasteiger charge is 2.27. The summed E-state index contributed by atoms with van der Waals surface area (Å²) in [5, 5.41) is 9.96. The molecule has 0 saturated carbocycles. The highest BCUT2D eigenvalue weighted by molar-refractivity contribution is 5.80. The number of carbonyl (C=O) groups is 2. The molecule has 0 spiro atoms. The van der Waals surface area contributed by atoms with Gasteiger partial charge in [-0.25, -0.2) is 10.0 Å². The molecular weight excluding hydrogens is 392 g/mol. The lowest BCUT2D eigenvalue weighted by Crippen LogP contribution is -2.53. The molecule has 1 saturated heterocycles. The van der Waals surface area contributed by atoms with Gasteiger partial charge in [-0.1, -0.05) is 26.2 Å². The topological polar surface area (TPSA) is 136 Å². The van der Waals surface area contributed by atoms with Crippen molar-refractivity contribution >= 4 is 24.2 Å². The zero-order chi connectivity index (χ0) is 21.9. The fraction of sp³-hybridized carbons (Fsp3) is 0.722. The average Bonchev–Trinajstić information content (AvgIpc) is 2.76. The molecule has 1 aliphatic heterocycles. The first kappa shape index (κ1) is 23.7. The van der Waals surface area contributed by atoms with Crippen molar-refractivity contribution in [1.82, 2.24) is 30.3 Å². The van der Waals surface area contributed by atoms with Gasteiger partial charge >= 0.3 is 0 Å². The Morgan fingerprint density at radius 3 is 2.93 bits per heavy atom. The maximum atomic E-state index is 12.6. The van der Waals surface area contributed by atoms with Gasteiger partial charge in [0.25, 0.3) is 0 Å². The Morgan fingerprint density at radius 1 is 1.43 bits per heavy atom. The van der Waals surface area contributed by atoms with E-state index in [2.05, 4.69) is 32.7 Å². The van der Waals surface area contributed by atoms with Gasteiger partial charge in [-0.15, -0.1) is 0 Å². The van der Waals surface area contributed by atoms with E-state index < -0.39 is 5.92 Å². The molecule has 2 rings (SSSR count). The van der Waals surface area contributed by atoms with Gasteiger partial charge in [0.2, 0.25) is 24.2 Å². The number of likely N-dealkylation sites (N-methyl/N-ethyl adjacent to an activating group) is 1. The average molecular weight is 425 g/mol. The van der Waals surface area contributed by atoms with Crippen LogP contribution in [0.4, 0.5) is 11.9 Å². The van der Waals surface area contributed by atoms with E-state index in [1.807, 2.05) is 23.9 Å². The van der Waals surface area contributed by atoms with Gasteiger partial charge in [0.1, 0.15) is 12.5 Å². The fourth-order valence-corrected chi connectivity index (χ4v) is 3.17. The zero-order valence-corrected chi connectivity index (χ0v) is 17.8. The van der Waals surface area contributed by atoms with Crippen LogP contribution < -0.4 is 15.8 Å². The summed E-state index contributed by atoms with van der Waals surface area (Å²) in [5.74, 6) is -0.240. The predicted octanol–water partition coefficient (Wildman–Crippen LogP) is 0.0831. The SMILES string of the molecule is CCCCCC(CN(O)C=O)C(=O)NNc1ncnc(N2CCOC[C@@H]2N(C)C)n1. The van der Waals surface area contributed by atoms with Crippen molar-refractivity contribution in [1.29, 1.82) is 0 Å². The van der Waals surface area contributed by atoms with Crippen molar-refractivity contribution in [3.63, 3.8) is 0 Å². The van der Waals surface area contributed by atoms with Crippen molar-refractivity contribution in [3.05, 3.63) is 6.33 Å². The molecule has 2 amide bonds. The van der Waals surface area contributed by atoms with E-state index in [1.165, 1.54) is 6.33 Å². The summed E-state index contributed by atoms with van der Waals surface area (Å²) in [6.45, 7) is 3.72. The van der Waals surface area contributed by atoms with Gasteiger partial charge in [-0.3, -0.25) is 30.5 Å². The second-order valence-corrected chi connectivity index (χ2v) is 7.36. The molecule has 1 unspecified atom stereocenters. The number of nitrogens with one attached hydrogen (secondary N) is 2. The molecule has 12 nitrogen and oxygen atoms in total. The number of hydrogen-bond acceptors (Lipinski definition) is 10. The van der Waals surface area contributed by atoms with Gasteiger partial charge in [0.15, 0.2) is 0 Å². The van der Waals surface area contributed by atoms with Crippen LogP contribution in [0, 0.1) is 5.92 Å². The summed E-state index contributed by atoms with van der Waals surface area (Å²) in [6.07, 6.45) is 4.99. The summed E-state index contributed by atoms with van der Waals surface area (Å²) in [4.78, 5) is 40.0. The predicted molar refractivity (Wildman–Crippen MR) is 109 cm³/mol. The Kier molecular flexibility index (Phi) is 9.64. The van der Waals surface area contributed by atoms with Crippen LogP contribution in [0.1, 0.15) is 32.6 Å². The van der Waals surface area contributed by atoms with Gasteiger partial charge in [0, 0.05) is 6.54 Å². The minimum Gasteiger partial charge on any atom is -0.376 e. The summed E-state index contributed by atoms with van der Waals surface area (Å²) < 4.78 is 5.54. The van der Waals surface area contributed by atoms with Crippen LogP contribution >= 0.6 is 0 Å². The number of morpholine rings is 1. The van der Waals surface area contributed by atoms with Gasteiger partial charge in [-0.2, -0.15) is 9.97 Å². The van der Waals surface area contributed by atoms with E-state index in [0.29, 0.717) is 37.2 Å². The minimum absolute atomic E-state index is 0.00887. The van der Waals surface area contributed by atoms with Crippen LogP contribution in [0.5, 0.6) is 0 Å². The molecule has 2 heterocycles. The number of anilines is 2. The molecule has 0 bridgehead atoms. The number of rotatable bonds is 12. The first-order valence-corrected chi connectivity index (χ1v) is 10.1. The van der Waals surface area contributed by atoms with E-state index in [0.717, 1.165) is 19.3 Å². The van der Waals surface area contributed by atoms with Crippen molar-refractivity contribution in [2.45, 2.75) is 38.8 Å². The lowest BCUT2D eigenvalue weighted by atomic mass is 10.0. The van der Waals surface area contributed by atoms with Crippen molar-refractivity contribution < 1.29 is 19.5 Å². The fourth-order valence-electron chi connectivity index (χ4n) is 3.17. The van der Waals surface area contributed by atoms with Crippen LogP contribution in [-0.2, 0) is 14.3 Å². The summed E-state index contributed by atoms with van der Waals surface area (Å²) in [5.41, 5.74) is 5.28. The smallest absolute Gasteiger partial charge is 0.246 e. The van der Waals surface area contributed by atoms with Gasteiger partial charge in [0.05, 0.1) is 25.7 Å². The molecule has 1 aromatic rings. The van der Waals surface area contributed by atoms with Crippen LogP contribution in [0.15, 0.2) is 6.33 Å². The standard InChI is InChI=1S/C18H32N8O4/c1-4-5-6-7-14(10-25(29)13-27)16(28)22-23-17-19-12-20-18(21-17)26-8-9-30-11-15(26)24(2)3/h12-15,29H,4-11H2,1-3H3,(H,22,28)(H,19,20,21,23)/t14?,15-/m1/s1. The summed E-state index contributed by atoms with van der Waals surface area (Å²) in [7, 11) is 3.91. The first-order chi connectivity index (χ1) is 14.5. The largest absolute Gasteiger partial charge is 0.376 e. The third-order valence-corrected chi connectivity index (χ3v) is 4.87. The molecule has 30 heavy (non-hydrogen) atoms. The second-order valence-electron chi connectivity index (χ2n) is 7.36. The monoisotopic (exact) mass is 424 g/mol. The highest BCUT2D eigenvalue weighted by atomic mass is 16.5. The minimum atomic E-state index is -0.557. The molecule has 0 radical (unpaired) electrons. The first-order valence-electron chi connectivity index (χ1n) is 10.1. The number of aromatic nitrogens is 3. The number of hydroxylamine groups is 2. The second kappa shape index (κ2) is 12.2. The Bertz CT molecular complexity index is 677. The van der Waals surface area contributed by atoms with Crippen LogP contribution in [0.2, 0.25) is 0 Å². The Labute approximate surface area is 176 Å². The number of hydrazine groups is 1. The maximum absolute atomic E-state index is 12.6. The molecular formula is C18H32N8O4. The van der Waals surface area contributed by atoms with E-state index in [-0.39, 0.29) is 31.0 Å². The van der Waals surface area contributed by atoms with Crippen LogP contribution in [-0.4, -0.2) is 89.0 Å².